The van der Waals surface area contributed by atoms with Crippen LogP contribution in [0.5, 0.6) is 0 Å². The van der Waals surface area contributed by atoms with Gasteiger partial charge in [-0.2, -0.15) is 0 Å². The number of hydrogen-bond acceptors (Lipinski definition) is 0. The number of fused-ring (bicyclic) bond motifs is 1. The van der Waals surface area contributed by atoms with Gasteiger partial charge in [0.1, 0.15) is 0 Å². The van der Waals surface area contributed by atoms with Crippen LogP contribution in [-0.2, 0) is 19.9 Å². The molecule has 3 rings (SSSR count). The summed E-state index contributed by atoms with van der Waals surface area (Å²) >= 11 is 0. The van der Waals surface area contributed by atoms with Crippen molar-refractivity contribution in [3.05, 3.63) is 71.9 Å². The Morgan fingerprint density at radius 2 is 1.67 bits per heavy atom. The standard InChI is InChI=1S/C17H17N/c1-18-13-12-16-9-5-8-15(17(16)18)11-10-14-6-3-2-4-7-14/h2-9,12-13H,10-11H2,1H3. The Bertz CT molecular complexity index is 650. The number of rotatable bonds is 3. The zero-order chi connectivity index (χ0) is 12.4. The summed E-state index contributed by atoms with van der Waals surface area (Å²) in [6, 6.07) is 19.4. The van der Waals surface area contributed by atoms with Gasteiger partial charge >= 0.3 is 0 Å². The van der Waals surface area contributed by atoms with Crippen LogP contribution < -0.4 is 0 Å². The number of hydrogen-bond donors (Lipinski definition) is 0. The molecule has 3 aromatic rings. The molecule has 0 spiro atoms. The van der Waals surface area contributed by atoms with Gasteiger partial charge in [-0.3, -0.25) is 0 Å². The van der Waals surface area contributed by atoms with Crippen molar-refractivity contribution in [3.63, 3.8) is 0 Å². The molecule has 2 aromatic carbocycles. The van der Waals surface area contributed by atoms with Crippen molar-refractivity contribution in [2.45, 2.75) is 12.8 Å². The fourth-order valence-corrected chi connectivity index (χ4v) is 2.57. The molecule has 0 aliphatic heterocycles. The van der Waals surface area contributed by atoms with E-state index in [4.69, 9.17) is 0 Å². The summed E-state index contributed by atoms with van der Waals surface area (Å²) in [6.45, 7) is 0. The number of para-hydroxylation sites is 1. The average molecular weight is 235 g/mol. The molecule has 0 radical (unpaired) electrons. The van der Waals surface area contributed by atoms with Crippen LogP contribution >= 0.6 is 0 Å². The van der Waals surface area contributed by atoms with E-state index in [2.05, 4.69) is 72.4 Å². The molecule has 0 atom stereocenters. The predicted octanol–water partition coefficient (Wildman–Crippen LogP) is 3.96. The Labute approximate surface area is 108 Å². The van der Waals surface area contributed by atoms with E-state index in [9.17, 15) is 0 Å². The Hall–Kier alpha value is -2.02. The lowest BCUT2D eigenvalue weighted by Gasteiger charge is -2.06. The molecular weight excluding hydrogens is 218 g/mol. The highest BCUT2D eigenvalue weighted by molar-refractivity contribution is 5.83. The fraction of sp³-hybridized carbons (Fsp3) is 0.176. The van der Waals surface area contributed by atoms with Gasteiger partial charge in [0.05, 0.1) is 5.52 Å². The second-order valence-corrected chi connectivity index (χ2v) is 4.77. The summed E-state index contributed by atoms with van der Waals surface area (Å²) in [5.74, 6) is 0. The summed E-state index contributed by atoms with van der Waals surface area (Å²) in [7, 11) is 2.12. The molecule has 0 aliphatic carbocycles. The Morgan fingerprint density at radius 3 is 2.50 bits per heavy atom. The number of nitrogens with zero attached hydrogens (tertiary/aromatic N) is 1. The van der Waals surface area contributed by atoms with Crippen LogP contribution in [0.4, 0.5) is 0 Å². The van der Waals surface area contributed by atoms with Crippen LogP contribution in [0.3, 0.4) is 0 Å². The highest BCUT2D eigenvalue weighted by Crippen LogP contribution is 2.20. The molecule has 0 fully saturated rings. The van der Waals surface area contributed by atoms with Gasteiger partial charge in [-0.05, 0) is 35.4 Å². The van der Waals surface area contributed by atoms with Crippen LogP contribution in [0.2, 0.25) is 0 Å². The van der Waals surface area contributed by atoms with Crippen LogP contribution in [-0.4, -0.2) is 4.57 Å². The SMILES string of the molecule is Cn1ccc2cccc(CCc3ccccc3)c21. The summed E-state index contributed by atoms with van der Waals surface area (Å²) in [5, 5.41) is 1.34. The second-order valence-electron chi connectivity index (χ2n) is 4.77. The molecule has 1 nitrogen and oxygen atoms in total. The third-order valence-electron chi connectivity index (χ3n) is 3.51. The monoisotopic (exact) mass is 235 g/mol. The molecule has 0 unspecified atom stereocenters. The molecule has 0 bridgehead atoms. The molecule has 0 aliphatic rings. The van der Waals surface area contributed by atoms with E-state index in [0.29, 0.717) is 0 Å². The molecular formula is C17H17N. The molecule has 0 N–H and O–H groups in total. The van der Waals surface area contributed by atoms with Gasteiger partial charge in [0.15, 0.2) is 0 Å². The molecule has 0 amide bonds. The van der Waals surface area contributed by atoms with Gasteiger partial charge in [-0.1, -0.05) is 48.5 Å². The fourth-order valence-electron chi connectivity index (χ4n) is 2.57. The predicted molar refractivity (Wildman–Crippen MR) is 76.8 cm³/mol. The first-order chi connectivity index (χ1) is 8.84. The molecule has 0 saturated carbocycles. The van der Waals surface area contributed by atoms with Gasteiger partial charge in [-0.25, -0.2) is 0 Å². The van der Waals surface area contributed by atoms with Gasteiger partial charge in [0.2, 0.25) is 0 Å². The Balaban J connectivity index is 1.89. The van der Waals surface area contributed by atoms with Crippen LogP contribution in [0.1, 0.15) is 11.1 Å². The molecule has 0 saturated heterocycles. The van der Waals surface area contributed by atoms with E-state index in [-0.39, 0.29) is 0 Å². The zero-order valence-electron chi connectivity index (χ0n) is 10.6. The van der Waals surface area contributed by atoms with Crippen LogP contribution in [0, 0.1) is 0 Å². The van der Waals surface area contributed by atoms with Crippen LogP contribution in [0.25, 0.3) is 10.9 Å². The van der Waals surface area contributed by atoms with Crippen molar-refractivity contribution >= 4 is 10.9 Å². The average Bonchev–Trinajstić information content (AvgIpc) is 2.80. The summed E-state index contributed by atoms with van der Waals surface area (Å²) in [6.07, 6.45) is 4.33. The number of benzene rings is 2. The first-order valence-electron chi connectivity index (χ1n) is 6.41. The van der Waals surface area contributed by atoms with Crippen molar-refractivity contribution in [2.75, 3.05) is 0 Å². The Morgan fingerprint density at radius 1 is 0.833 bits per heavy atom. The normalized spacial score (nSPS) is 10.9. The van der Waals surface area contributed by atoms with Gasteiger partial charge in [0, 0.05) is 13.2 Å². The third-order valence-corrected chi connectivity index (χ3v) is 3.51. The summed E-state index contributed by atoms with van der Waals surface area (Å²) < 4.78 is 2.22. The maximum absolute atomic E-state index is 2.24. The highest BCUT2D eigenvalue weighted by atomic mass is 14.9. The minimum Gasteiger partial charge on any atom is -0.350 e. The Kier molecular flexibility index (Phi) is 2.89. The quantitative estimate of drug-likeness (QED) is 0.647. The molecule has 1 heteroatoms. The first-order valence-corrected chi connectivity index (χ1v) is 6.41. The lowest BCUT2D eigenvalue weighted by Crippen LogP contribution is -1.95. The zero-order valence-corrected chi connectivity index (χ0v) is 10.6. The minimum atomic E-state index is 1.10. The van der Waals surface area contributed by atoms with E-state index in [1.807, 2.05) is 0 Å². The maximum atomic E-state index is 2.24. The van der Waals surface area contributed by atoms with E-state index in [1.165, 1.54) is 22.0 Å². The lowest BCUT2D eigenvalue weighted by atomic mass is 10.0. The van der Waals surface area contributed by atoms with Crippen molar-refractivity contribution in [3.8, 4) is 0 Å². The van der Waals surface area contributed by atoms with E-state index < -0.39 is 0 Å². The highest BCUT2D eigenvalue weighted by Gasteiger charge is 2.04. The summed E-state index contributed by atoms with van der Waals surface area (Å²) in [4.78, 5) is 0. The molecule has 18 heavy (non-hydrogen) atoms. The van der Waals surface area contributed by atoms with Gasteiger partial charge in [-0.15, -0.1) is 0 Å². The third kappa shape index (κ3) is 2.04. The molecule has 90 valence electrons. The van der Waals surface area contributed by atoms with Gasteiger partial charge < -0.3 is 4.57 Å². The van der Waals surface area contributed by atoms with Crippen LogP contribution in [0.15, 0.2) is 60.8 Å². The minimum absolute atomic E-state index is 1.10. The number of aromatic nitrogens is 1. The van der Waals surface area contributed by atoms with E-state index in [1.54, 1.807) is 0 Å². The topological polar surface area (TPSA) is 4.93 Å². The van der Waals surface area contributed by atoms with E-state index in [0.717, 1.165) is 12.8 Å². The number of aryl methyl sites for hydroxylation is 3. The lowest BCUT2D eigenvalue weighted by molar-refractivity contribution is 0.925. The van der Waals surface area contributed by atoms with Gasteiger partial charge in [0.25, 0.3) is 0 Å². The first kappa shape index (κ1) is 11.1. The van der Waals surface area contributed by atoms with Crippen molar-refractivity contribution in [2.24, 2.45) is 7.05 Å². The van der Waals surface area contributed by atoms with Crippen molar-refractivity contribution in [1.82, 2.24) is 4.57 Å². The van der Waals surface area contributed by atoms with Crippen molar-refractivity contribution < 1.29 is 0 Å². The van der Waals surface area contributed by atoms with Crippen molar-refractivity contribution in [1.29, 1.82) is 0 Å². The summed E-state index contributed by atoms with van der Waals surface area (Å²) in [5.41, 5.74) is 4.21. The second kappa shape index (κ2) is 4.69. The smallest absolute Gasteiger partial charge is 0.0510 e. The maximum Gasteiger partial charge on any atom is 0.0510 e. The largest absolute Gasteiger partial charge is 0.350 e. The van der Waals surface area contributed by atoms with E-state index >= 15 is 0 Å². The molecule has 1 heterocycles. The molecule has 1 aromatic heterocycles.